The molecule has 1 aromatic carbocycles. The molecule has 1 unspecified atom stereocenters. The Hall–Kier alpha value is -1.81. The van der Waals surface area contributed by atoms with Crippen LogP contribution in [-0.4, -0.2) is 26.0 Å². The van der Waals surface area contributed by atoms with Crippen LogP contribution >= 0.6 is 11.6 Å². The fourth-order valence-corrected chi connectivity index (χ4v) is 2.49. The van der Waals surface area contributed by atoms with Crippen molar-refractivity contribution in [2.24, 2.45) is 0 Å². The summed E-state index contributed by atoms with van der Waals surface area (Å²) >= 11 is 5.86. The summed E-state index contributed by atoms with van der Waals surface area (Å²) in [6.07, 6.45) is 1.83. The van der Waals surface area contributed by atoms with Crippen LogP contribution in [0, 0.1) is 0 Å². The lowest BCUT2D eigenvalue weighted by atomic mass is 10.3. The highest BCUT2D eigenvalue weighted by molar-refractivity contribution is 6.30. The standard InChI is InChI=1S/C14H14ClN3O/c1-10(15)14(19)17-8-11-7-16-18(13(11)9-17)12-5-3-2-4-6-12/h2-7,10H,8-9H2,1H3. The summed E-state index contributed by atoms with van der Waals surface area (Å²) in [5.41, 5.74) is 3.17. The zero-order valence-electron chi connectivity index (χ0n) is 10.6. The number of amides is 1. The van der Waals surface area contributed by atoms with E-state index in [9.17, 15) is 4.79 Å². The summed E-state index contributed by atoms with van der Waals surface area (Å²) in [7, 11) is 0. The van der Waals surface area contributed by atoms with E-state index in [1.807, 2.05) is 41.2 Å². The Bertz CT molecular complexity index is 606. The van der Waals surface area contributed by atoms with E-state index in [1.54, 1.807) is 11.8 Å². The molecule has 0 N–H and O–H groups in total. The first-order chi connectivity index (χ1) is 9.16. The smallest absolute Gasteiger partial charge is 0.240 e. The third-order valence-electron chi connectivity index (χ3n) is 3.31. The molecule has 2 heterocycles. The van der Waals surface area contributed by atoms with Gasteiger partial charge in [-0.25, -0.2) is 4.68 Å². The number of rotatable bonds is 2. The number of halogens is 1. The van der Waals surface area contributed by atoms with E-state index in [0.29, 0.717) is 13.1 Å². The zero-order chi connectivity index (χ0) is 13.4. The second-order valence-corrected chi connectivity index (χ2v) is 5.33. The lowest BCUT2D eigenvalue weighted by Crippen LogP contribution is -2.31. The Kier molecular flexibility index (Phi) is 3.03. The van der Waals surface area contributed by atoms with Crippen LogP contribution in [0.2, 0.25) is 0 Å². The fraction of sp³-hybridized carbons (Fsp3) is 0.286. The Morgan fingerprint density at radius 2 is 2.05 bits per heavy atom. The summed E-state index contributed by atoms with van der Waals surface area (Å²) < 4.78 is 1.89. The number of aromatic nitrogens is 2. The fourth-order valence-electron chi connectivity index (χ4n) is 2.35. The molecule has 0 saturated carbocycles. The minimum absolute atomic E-state index is 0.0301. The number of carbonyl (C=O) groups excluding carboxylic acids is 1. The Morgan fingerprint density at radius 1 is 1.32 bits per heavy atom. The highest BCUT2D eigenvalue weighted by Gasteiger charge is 2.29. The van der Waals surface area contributed by atoms with Gasteiger partial charge in [0.25, 0.3) is 0 Å². The van der Waals surface area contributed by atoms with E-state index in [1.165, 1.54) is 0 Å². The van der Waals surface area contributed by atoms with Crippen LogP contribution in [0.4, 0.5) is 0 Å². The van der Waals surface area contributed by atoms with Crippen molar-refractivity contribution in [3.8, 4) is 5.69 Å². The van der Waals surface area contributed by atoms with Gasteiger partial charge in [-0.15, -0.1) is 11.6 Å². The first-order valence-electron chi connectivity index (χ1n) is 6.21. The van der Waals surface area contributed by atoms with Crippen molar-refractivity contribution in [3.63, 3.8) is 0 Å². The van der Waals surface area contributed by atoms with Crippen LogP contribution in [-0.2, 0) is 17.9 Å². The molecule has 0 saturated heterocycles. The quantitative estimate of drug-likeness (QED) is 0.789. The van der Waals surface area contributed by atoms with Gasteiger partial charge in [0, 0.05) is 12.1 Å². The molecule has 2 aromatic rings. The van der Waals surface area contributed by atoms with Gasteiger partial charge in [0.05, 0.1) is 24.1 Å². The molecule has 1 aliphatic rings. The van der Waals surface area contributed by atoms with Gasteiger partial charge in [0.2, 0.25) is 5.91 Å². The normalized spacial score (nSPS) is 15.4. The highest BCUT2D eigenvalue weighted by atomic mass is 35.5. The summed E-state index contributed by atoms with van der Waals surface area (Å²) in [5.74, 6) is -0.0301. The van der Waals surface area contributed by atoms with Gasteiger partial charge in [-0.05, 0) is 19.1 Å². The number of alkyl halides is 1. The van der Waals surface area contributed by atoms with Crippen LogP contribution in [0.1, 0.15) is 18.2 Å². The predicted octanol–water partition coefficient (Wildman–Crippen LogP) is 2.34. The molecule has 1 aliphatic heterocycles. The maximum Gasteiger partial charge on any atom is 0.240 e. The van der Waals surface area contributed by atoms with Crippen molar-refractivity contribution in [3.05, 3.63) is 47.8 Å². The van der Waals surface area contributed by atoms with Crippen LogP contribution in [0.25, 0.3) is 5.69 Å². The molecule has 5 heteroatoms. The van der Waals surface area contributed by atoms with Crippen molar-refractivity contribution in [1.82, 2.24) is 14.7 Å². The van der Waals surface area contributed by atoms with E-state index in [-0.39, 0.29) is 5.91 Å². The first kappa shape index (κ1) is 12.2. The number of hydrogen-bond acceptors (Lipinski definition) is 2. The number of para-hydroxylation sites is 1. The molecule has 4 nitrogen and oxygen atoms in total. The number of fused-ring (bicyclic) bond motifs is 1. The summed E-state index contributed by atoms with van der Waals surface area (Å²) in [6, 6.07) is 9.92. The minimum Gasteiger partial charge on any atom is -0.331 e. The summed E-state index contributed by atoms with van der Waals surface area (Å²) in [6.45, 7) is 2.87. The average molecular weight is 276 g/mol. The topological polar surface area (TPSA) is 38.1 Å². The second-order valence-electron chi connectivity index (χ2n) is 4.67. The van der Waals surface area contributed by atoms with E-state index in [0.717, 1.165) is 16.9 Å². The Balaban J connectivity index is 1.90. The molecule has 19 heavy (non-hydrogen) atoms. The van der Waals surface area contributed by atoms with E-state index >= 15 is 0 Å². The van der Waals surface area contributed by atoms with Gasteiger partial charge < -0.3 is 4.90 Å². The van der Waals surface area contributed by atoms with Crippen LogP contribution < -0.4 is 0 Å². The maximum absolute atomic E-state index is 11.9. The summed E-state index contributed by atoms with van der Waals surface area (Å²) in [5, 5.41) is 3.91. The van der Waals surface area contributed by atoms with E-state index in [2.05, 4.69) is 5.10 Å². The molecule has 1 atom stereocenters. The number of carbonyl (C=O) groups is 1. The average Bonchev–Trinajstić information content (AvgIpc) is 2.98. The minimum atomic E-state index is -0.484. The third-order valence-corrected chi connectivity index (χ3v) is 3.50. The highest BCUT2D eigenvalue weighted by Crippen LogP contribution is 2.25. The van der Waals surface area contributed by atoms with Crippen molar-refractivity contribution < 1.29 is 4.79 Å². The van der Waals surface area contributed by atoms with Gasteiger partial charge in [-0.1, -0.05) is 18.2 Å². The van der Waals surface area contributed by atoms with Crippen molar-refractivity contribution >= 4 is 17.5 Å². The van der Waals surface area contributed by atoms with E-state index in [4.69, 9.17) is 11.6 Å². The maximum atomic E-state index is 11.9. The van der Waals surface area contributed by atoms with Gasteiger partial charge in [0.15, 0.2) is 0 Å². The molecule has 1 aromatic heterocycles. The van der Waals surface area contributed by atoms with Crippen LogP contribution in [0.5, 0.6) is 0 Å². The molecule has 1 amide bonds. The van der Waals surface area contributed by atoms with Gasteiger partial charge in [0.1, 0.15) is 5.38 Å². The van der Waals surface area contributed by atoms with Gasteiger partial charge in [-0.3, -0.25) is 4.79 Å². The Labute approximate surface area is 116 Å². The third kappa shape index (κ3) is 2.12. The first-order valence-corrected chi connectivity index (χ1v) is 6.64. The summed E-state index contributed by atoms with van der Waals surface area (Å²) in [4.78, 5) is 13.7. The Morgan fingerprint density at radius 3 is 2.74 bits per heavy atom. The molecule has 3 rings (SSSR count). The molecule has 0 spiro atoms. The van der Waals surface area contributed by atoms with Crippen molar-refractivity contribution in [2.45, 2.75) is 25.4 Å². The zero-order valence-corrected chi connectivity index (χ0v) is 11.3. The molecule has 98 valence electrons. The van der Waals surface area contributed by atoms with E-state index < -0.39 is 5.38 Å². The SMILES string of the molecule is CC(Cl)C(=O)N1Cc2cnn(-c3ccccc3)c2C1. The number of benzene rings is 1. The molecule has 0 bridgehead atoms. The largest absolute Gasteiger partial charge is 0.331 e. The monoisotopic (exact) mass is 275 g/mol. The van der Waals surface area contributed by atoms with Gasteiger partial charge >= 0.3 is 0 Å². The number of nitrogens with zero attached hydrogens (tertiary/aromatic N) is 3. The second kappa shape index (κ2) is 4.70. The molecule has 0 fully saturated rings. The van der Waals surface area contributed by atoms with Crippen molar-refractivity contribution in [1.29, 1.82) is 0 Å². The molecular formula is C14H14ClN3O. The lowest BCUT2D eigenvalue weighted by molar-refractivity contribution is -0.131. The molecule has 0 aliphatic carbocycles. The van der Waals surface area contributed by atoms with Crippen LogP contribution in [0.3, 0.4) is 0 Å². The van der Waals surface area contributed by atoms with Gasteiger partial charge in [-0.2, -0.15) is 5.10 Å². The van der Waals surface area contributed by atoms with Crippen LogP contribution in [0.15, 0.2) is 36.5 Å². The lowest BCUT2D eigenvalue weighted by Gasteiger charge is -2.17. The molecule has 0 radical (unpaired) electrons. The molecular weight excluding hydrogens is 262 g/mol. The predicted molar refractivity (Wildman–Crippen MR) is 73.1 cm³/mol. The number of hydrogen-bond donors (Lipinski definition) is 0. The van der Waals surface area contributed by atoms with Crippen molar-refractivity contribution in [2.75, 3.05) is 0 Å².